The van der Waals surface area contributed by atoms with Crippen LogP contribution in [-0.2, 0) is 9.59 Å². The van der Waals surface area contributed by atoms with E-state index in [1.807, 2.05) is 33.8 Å². The first kappa shape index (κ1) is 29.0. The molecule has 3 aliphatic rings. The van der Waals surface area contributed by atoms with Crippen molar-refractivity contribution in [1.82, 2.24) is 14.7 Å². The second kappa shape index (κ2) is 12.2. The maximum absolute atomic E-state index is 13.7. The fraction of sp³-hybridized carbons (Fsp3) is 0.562. The van der Waals surface area contributed by atoms with Gasteiger partial charge in [-0.3, -0.25) is 14.4 Å². The van der Waals surface area contributed by atoms with E-state index in [4.69, 9.17) is 0 Å². The molecule has 3 amide bonds. The third-order valence-corrected chi connectivity index (χ3v) is 9.37. The molecule has 9 nitrogen and oxygen atoms in total. The lowest BCUT2D eigenvalue weighted by molar-refractivity contribution is -0.612. The Labute approximate surface area is 243 Å². The van der Waals surface area contributed by atoms with Gasteiger partial charge in [0.1, 0.15) is 5.56 Å². The Bertz CT molecular complexity index is 1270. The first-order valence-electron chi connectivity index (χ1n) is 15.0. The third kappa shape index (κ3) is 6.25. The molecule has 5 rings (SSSR count). The van der Waals surface area contributed by atoms with Gasteiger partial charge in [-0.25, -0.2) is 0 Å². The summed E-state index contributed by atoms with van der Waals surface area (Å²) in [7, 11) is 0. The minimum Gasteiger partial charge on any atom is -0.618 e. The van der Waals surface area contributed by atoms with Gasteiger partial charge in [0.2, 0.25) is 17.5 Å². The maximum atomic E-state index is 13.7. The van der Waals surface area contributed by atoms with Crippen LogP contribution in [0.1, 0.15) is 53.4 Å². The number of aryl methyl sites for hydroxylation is 2. The molecule has 9 heteroatoms. The predicted molar refractivity (Wildman–Crippen MR) is 157 cm³/mol. The van der Waals surface area contributed by atoms with Gasteiger partial charge in [0.15, 0.2) is 6.20 Å². The summed E-state index contributed by atoms with van der Waals surface area (Å²) < 4.78 is 0.776. The molecule has 0 aliphatic carbocycles. The lowest BCUT2D eigenvalue weighted by Gasteiger charge is -2.34. The van der Waals surface area contributed by atoms with Crippen LogP contribution < -0.4 is 9.63 Å². The monoisotopic (exact) mass is 561 g/mol. The largest absolute Gasteiger partial charge is 0.618 e. The topological polar surface area (TPSA) is 91.1 Å². The molecule has 0 spiro atoms. The van der Waals surface area contributed by atoms with Crippen LogP contribution in [0.15, 0.2) is 36.5 Å². The third-order valence-electron chi connectivity index (χ3n) is 9.37. The highest BCUT2D eigenvalue weighted by molar-refractivity contribution is 5.96. The van der Waals surface area contributed by atoms with E-state index in [9.17, 15) is 19.6 Å². The maximum Gasteiger partial charge on any atom is 0.260 e. The minimum atomic E-state index is -0.0606. The Morgan fingerprint density at radius 3 is 2.17 bits per heavy atom. The number of hydrogen-bond donors (Lipinski definition) is 0. The summed E-state index contributed by atoms with van der Waals surface area (Å²) in [6.45, 7) is 13.4. The summed E-state index contributed by atoms with van der Waals surface area (Å²) in [5.74, 6) is 1.01. The first-order valence-corrected chi connectivity index (χ1v) is 15.0. The summed E-state index contributed by atoms with van der Waals surface area (Å²) in [6.07, 6.45) is 3.76. The minimum absolute atomic E-state index is 0.0347. The number of carbonyl (C=O) groups is 3. The van der Waals surface area contributed by atoms with E-state index >= 15 is 0 Å². The van der Waals surface area contributed by atoms with Gasteiger partial charge in [-0.1, -0.05) is 17.7 Å². The molecule has 0 bridgehead atoms. The fourth-order valence-corrected chi connectivity index (χ4v) is 6.90. The van der Waals surface area contributed by atoms with Crippen molar-refractivity contribution in [3.63, 3.8) is 0 Å². The summed E-state index contributed by atoms with van der Waals surface area (Å²) in [5.41, 5.74) is 3.94. The number of likely N-dealkylation sites (tertiary alicyclic amines) is 3. The van der Waals surface area contributed by atoms with Crippen molar-refractivity contribution in [2.24, 2.45) is 17.8 Å². The molecule has 3 fully saturated rings. The van der Waals surface area contributed by atoms with Gasteiger partial charge in [-0.2, -0.15) is 4.73 Å². The number of anilines is 1. The Kier molecular flexibility index (Phi) is 8.63. The van der Waals surface area contributed by atoms with E-state index in [-0.39, 0.29) is 23.6 Å². The summed E-state index contributed by atoms with van der Waals surface area (Å²) in [6, 6.07) is 9.89. The van der Waals surface area contributed by atoms with Gasteiger partial charge in [0.05, 0.1) is 0 Å². The van der Waals surface area contributed by atoms with E-state index in [2.05, 4.69) is 24.0 Å². The molecule has 2 aromatic rings. The Morgan fingerprint density at radius 2 is 1.56 bits per heavy atom. The van der Waals surface area contributed by atoms with Crippen molar-refractivity contribution in [1.29, 1.82) is 0 Å². The van der Waals surface area contributed by atoms with E-state index in [1.54, 1.807) is 19.9 Å². The van der Waals surface area contributed by atoms with Crippen LogP contribution >= 0.6 is 0 Å². The van der Waals surface area contributed by atoms with E-state index < -0.39 is 0 Å². The number of carbonyl (C=O) groups excluding carboxylic acids is 3. The van der Waals surface area contributed by atoms with E-state index in [1.165, 1.54) is 6.20 Å². The van der Waals surface area contributed by atoms with Gasteiger partial charge in [0, 0.05) is 77.3 Å². The van der Waals surface area contributed by atoms with Crippen molar-refractivity contribution in [3.8, 4) is 0 Å². The number of fused-ring (bicyclic) bond motifs is 1. The number of pyridine rings is 1. The average molecular weight is 562 g/mol. The highest BCUT2D eigenvalue weighted by atomic mass is 16.5. The normalized spacial score (nSPS) is 21.3. The Hall–Kier alpha value is -3.46. The molecule has 3 aliphatic heterocycles. The number of amides is 3. The quantitative estimate of drug-likeness (QED) is 0.383. The molecular formula is C32H43N5O4. The van der Waals surface area contributed by atoms with Gasteiger partial charge in [0.25, 0.3) is 5.91 Å². The van der Waals surface area contributed by atoms with Gasteiger partial charge in [-0.15, -0.1) is 0 Å². The number of benzene rings is 1. The molecular weight excluding hydrogens is 518 g/mol. The lowest BCUT2D eigenvalue weighted by Crippen LogP contribution is -2.44. The van der Waals surface area contributed by atoms with Crippen LogP contribution in [0.2, 0.25) is 0 Å². The van der Waals surface area contributed by atoms with E-state index in [0.717, 1.165) is 60.7 Å². The Morgan fingerprint density at radius 1 is 0.927 bits per heavy atom. The second-order valence-corrected chi connectivity index (χ2v) is 12.2. The number of aromatic nitrogens is 1. The second-order valence-electron chi connectivity index (χ2n) is 12.2. The highest BCUT2D eigenvalue weighted by Crippen LogP contribution is 2.33. The molecule has 4 heterocycles. The summed E-state index contributed by atoms with van der Waals surface area (Å²) in [5, 5.41) is 12.1. The van der Waals surface area contributed by atoms with E-state index in [0.29, 0.717) is 55.6 Å². The summed E-state index contributed by atoms with van der Waals surface area (Å²) in [4.78, 5) is 46.9. The zero-order valence-electron chi connectivity index (χ0n) is 24.8. The average Bonchev–Trinajstić information content (AvgIpc) is 3.53. The molecule has 0 N–H and O–H groups in total. The zero-order valence-corrected chi connectivity index (χ0v) is 24.8. The van der Waals surface area contributed by atoms with Crippen LogP contribution in [0.5, 0.6) is 0 Å². The molecule has 0 saturated carbocycles. The van der Waals surface area contributed by atoms with Crippen molar-refractivity contribution in [3.05, 3.63) is 64.1 Å². The standard InChI is InChI=1S/C32H43N5O4/c1-22-6-8-29(9-7-22)36(31(39)26-11-15-34(16-12-26)25(4)38)14-5-13-33-18-27-20-35(21-28(27)19-33)32(40)30-23(2)10-17-37(41)24(30)3/h6-10,17,26-28H,5,11-16,18-21H2,1-4H3. The smallest absolute Gasteiger partial charge is 0.260 e. The molecule has 1 aromatic carbocycles. The Balaban J connectivity index is 1.16. The molecule has 2 atom stereocenters. The predicted octanol–water partition coefficient (Wildman–Crippen LogP) is 2.93. The highest BCUT2D eigenvalue weighted by Gasteiger charge is 2.42. The molecule has 3 saturated heterocycles. The van der Waals surface area contributed by atoms with Crippen molar-refractivity contribution < 1.29 is 19.1 Å². The summed E-state index contributed by atoms with van der Waals surface area (Å²) >= 11 is 0. The molecule has 220 valence electrons. The molecule has 1 aromatic heterocycles. The molecule has 41 heavy (non-hydrogen) atoms. The molecule has 2 unspecified atom stereocenters. The van der Waals surface area contributed by atoms with Crippen molar-refractivity contribution >= 4 is 23.4 Å². The number of nitrogens with zero attached hydrogens (tertiary/aromatic N) is 5. The van der Waals surface area contributed by atoms with Gasteiger partial charge < -0.3 is 24.8 Å². The van der Waals surface area contributed by atoms with Crippen LogP contribution in [0, 0.1) is 43.7 Å². The lowest BCUT2D eigenvalue weighted by atomic mass is 9.94. The zero-order chi connectivity index (χ0) is 29.3. The van der Waals surface area contributed by atoms with Crippen molar-refractivity contribution in [2.75, 3.05) is 57.3 Å². The first-order chi connectivity index (χ1) is 19.6. The van der Waals surface area contributed by atoms with Crippen LogP contribution in [0.4, 0.5) is 5.69 Å². The van der Waals surface area contributed by atoms with Gasteiger partial charge >= 0.3 is 0 Å². The fourth-order valence-electron chi connectivity index (χ4n) is 6.90. The van der Waals surface area contributed by atoms with Crippen molar-refractivity contribution in [2.45, 2.75) is 47.0 Å². The number of rotatable bonds is 7. The van der Waals surface area contributed by atoms with Crippen LogP contribution in [0.3, 0.4) is 0 Å². The SMILES string of the molecule is CC(=O)N1CCC(C(=O)N(CCCN2CC3CN(C(=O)c4c(C)cc[n+]([O-])c4C)CC3C2)c2ccc(C)cc2)CC1. The number of hydrogen-bond acceptors (Lipinski definition) is 5. The van der Waals surface area contributed by atoms with Crippen LogP contribution in [-0.4, -0.2) is 84.8 Å². The molecule has 0 radical (unpaired) electrons. The van der Waals surface area contributed by atoms with Gasteiger partial charge in [-0.05, 0) is 69.2 Å². The van der Waals surface area contributed by atoms with Crippen LogP contribution in [0.25, 0.3) is 0 Å². The number of piperidine rings is 1.